The Morgan fingerprint density at radius 2 is 1.72 bits per heavy atom. The van der Waals surface area contributed by atoms with Gasteiger partial charge in [-0.25, -0.2) is 4.79 Å². The highest BCUT2D eigenvalue weighted by atomic mass is 16.6. The third kappa shape index (κ3) is 8.18. The molecule has 0 unspecified atom stereocenters. The molecule has 6 N–H and O–H groups in total. The summed E-state index contributed by atoms with van der Waals surface area (Å²) in [6.07, 6.45) is 0.784. The molecule has 9 heteroatoms. The van der Waals surface area contributed by atoms with Crippen LogP contribution in [0.3, 0.4) is 0 Å². The van der Waals surface area contributed by atoms with Gasteiger partial charge in [0.15, 0.2) is 12.2 Å². The maximum absolute atomic E-state index is 12.6. The topological polar surface area (TPSA) is 146 Å². The van der Waals surface area contributed by atoms with Crippen molar-refractivity contribution in [2.24, 2.45) is 5.73 Å². The van der Waals surface area contributed by atoms with E-state index in [2.05, 4.69) is 16.0 Å². The van der Waals surface area contributed by atoms with E-state index in [1.54, 1.807) is 0 Å². The molecule has 1 heterocycles. The van der Waals surface area contributed by atoms with Gasteiger partial charge in [0.25, 0.3) is 5.91 Å². The van der Waals surface area contributed by atoms with Crippen molar-refractivity contribution in [1.29, 1.82) is 0 Å². The number of ether oxygens (including phenoxy) is 1. The van der Waals surface area contributed by atoms with Gasteiger partial charge in [-0.2, -0.15) is 0 Å². The van der Waals surface area contributed by atoms with E-state index in [-0.39, 0.29) is 5.91 Å². The molecular weight excluding hydrogens is 376 g/mol. The molecule has 0 aliphatic carbocycles. The third-order valence-electron chi connectivity index (χ3n) is 4.55. The van der Waals surface area contributed by atoms with Crippen molar-refractivity contribution in [2.75, 3.05) is 26.2 Å². The zero-order valence-corrected chi connectivity index (χ0v) is 16.4. The van der Waals surface area contributed by atoms with Crippen LogP contribution in [0.5, 0.6) is 0 Å². The van der Waals surface area contributed by atoms with E-state index in [4.69, 9.17) is 15.6 Å². The minimum absolute atomic E-state index is 0.300. The van der Waals surface area contributed by atoms with Gasteiger partial charge in [0.2, 0.25) is 5.91 Å². The number of carbonyl (C=O) groups is 3. The molecule has 2 rings (SSSR count). The monoisotopic (exact) mass is 406 g/mol. The fraction of sp³-hybridized carbons (Fsp3) is 0.550. The van der Waals surface area contributed by atoms with Crippen molar-refractivity contribution in [3.8, 4) is 0 Å². The number of carboxylic acids is 1. The largest absolute Gasteiger partial charge is 0.479 e. The Labute approximate surface area is 170 Å². The van der Waals surface area contributed by atoms with Crippen molar-refractivity contribution < 1.29 is 24.2 Å². The first-order chi connectivity index (χ1) is 14.0. The normalized spacial score (nSPS) is 18.7. The minimum Gasteiger partial charge on any atom is -0.479 e. The van der Waals surface area contributed by atoms with Gasteiger partial charge in [-0.05, 0) is 44.5 Å². The molecule has 0 spiro atoms. The molecule has 1 fully saturated rings. The van der Waals surface area contributed by atoms with Crippen LogP contribution in [0.2, 0.25) is 0 Å². The van der Waals surface area contributed by atoms with Crippen molar-refractivity contribution in [2.45, 2.75) is 43.9 Å². The van der Waals surface area contributed by atoms with Crippen LogP contribution in [0.15, 0.2) is 30.3 Å². The summed E-state index contributed by atoms with van der Waals surface area (Å²) < 4.78 is 4.87. The zero-order chi connectivity index (χ0) is 21.1. The van der Waals surface area contributed by atoms with Crippen LogP contribution in [0, 0.1) is 0 Å². The minimum atomic E-state index is -1.19. The molecule has 1 aliphatic rings. The summed E-state index contributed by atoms with van der Waals surface area (Å²) in [6.45, 7) is 2.90. The number of hydrogen-bond acceptors (Lipinski definition) is 6. The van der Waals surface area contributed by atoms with E-state index in [0.717, 1.165) is 37.9 Å². The van der Waals surface area contributed by atoms with Gasteiger partial charge in [-0.3, -0.25) is 9.59 Å². The van der Waals surface area contributed by atoms with Gasteiger partial charge in [0.1, 0.15) is 6.04 Å². The second kappa shape index (κ2) is 12.2. The summed E-state index contributed by atoms with van der Waals surface area (Å²) in [6, 6.07) is 8.52. The number of unbranched alkanes of at least 4 members (excludes halogenated alkanes) is 1. The Morgan fingerprint density at radius 3 is 2.38 bits per heavy atom. The van der Waals surface area contributed by atoms with E-state index in [9.17, 15) is 14.4 Å². The van der Waals surface area contributed by atoms with Crippen LogP contribution in [0.25, 0.3) is 0 Å². The summed E-state index contributed by atoms with van der Waals surface area (Å²) in [7, 11) is 0. The van der Waals surface area contributed by atoms with Crippen molar-refractivity contribution >= 4 is 17.8 Å². The SMILES string of the molecule is NCCCNCCCCNC(=O)[C@H](Cc1ccccc1)NC(=O)[C@@H]1O[C@H]1C(=O)O. The lowest BCUT2D eigenvalue weighted by molar-refractivity contribution is -0.138. The second-order valence-corrected chi connectivity index (χ2v) is 6.96. The van der Waals surface area contributed by atoms with Crippen LogP contribution in [-0.4, -0.2) is 67.3 Å². The lowest BCUT2D eigenvalue weighted by Gasteiger charge is -2.18. The Morgan fingerprint density at radius 1 is 1.03 bits per heavy atom. The van der Waals surface area contributed by atoms with Gasteiger partial charge in [0.05, 0.1) is 0 Å². The van der Waals surface area contributed by atoms with Crippen molar-refractivity contribution in [3.05, 3.63) is 35.9 Å². The van der Waals surface area contributed by atoms with E-state index >= 15 is 0 Å². The van der Waals surface area contributed by atoms with Crippen molar-refractivity contribution in [3.63, 3.8) is 0 Å². The number of amides is 2. The highest BCUT2D eigenvalue weighted by Gasteiger charge is 2.51. The smallest absolute Gasteiger partial charge is 0.336 e. The molecule has 1 aromatic carbocycles. The molecule has 1 aliphatic heterocycles. The van der Waals surface area contributed by atoms with Crippen LogP contribution in [0.4, 0.5) is 0 Å². The Balaban J connectivity index is 1.80. The predicted molar refractivity (Wildman–Crippen MR) is 107 cm³/mol. The van der Waals surface area contributed by atoms with Gasteiger partial charge in [-0.15, -0.1) is 0 Å². The molecule has 0 bridgehead atoms. The van der Waals surface area contributed by atoms with Gasteiger partial charge >= 0.3 is 5.97 Å². The molecule has 3 atom stereocenters. The maximum Gasteiger partial charge on any atom is 0.336 e. The lowest BCUT2D eigenvalue weighted by Crippen LogP contribution is -2.49. The standard InChI is InChI=1S/C20H30N4O5/c21-9-6-11-22-10-4-5-12-23-18(25)15(13-14-7-2-1-3-8-14)24-19(26)16-17(29-16)20(27)28/h1-3,7-8,15-17,22H,4-6,9-13,21H2,(H,23,25)(H,24,26)(H,27,28)/t15-,16+,17+/m0/s1. The summed E-state index contributed by atoms with van der Waals surface area (Å²) in [4.78, 5) is 35.7. The average molecular weight is 406 g/mol. The summed E-state index contributed by atoms with van der Waals surface area (Å²) in [5, 5.41) is 17.6. The number of epoxide rings is 1. The third-order valence-corrected chi connectivity index (χ3v) is 4.55. The van der Waals surface area contributed by atoms with Crippen LogP contribution in [-0.2, 0) is 25.5 Å². The Kier molecular flexibility index (Phi) is 9.55. The Bertz CT molecular complexity index is 670. The van der Waals surface area contributed by atoms with E-state index in [1.807, 2.05) is 30.3 Å². The molecule has 1 saturated heterocycles. The number of hydrogen-bond donors (Lipinski definition) is 5. The molecular formula is C20H30N4O5. The number of nitrogens with two attached hydrogens (primary N) is 1. The molecule has 9 nitrogen and oxygen atoms in total. The number of benzene rings is 1. The summed E-state index contributed by atoms with van der Waals surface area (Å²) in [5.41, 5.74) is 6.32. The molecule has 0 saturated carbocycles. The van der Waals surface area contributed by atoms with E-state index < -0.39 is 30.1 Å². The molecule has 0 aromatic heterocycles. The Hall–Kier alpha value is -2.49. The lowest BCUT2D eigenvalue weighted by atomic mass is 10.0. The summed E-state index contributed by atoms with van der Waals surface area (Å²) >= 11 is 0. The fourth-order valence-electron chi connectivity index (χ4n) is 2.87. The van der Waals surface area contributed by atoms with Crippen LogP contribution < -0.4 is 21.7 Å². The number of rotatable bonds is 14. The molecule has 0 radical (unpaired) electrons. The second-order valence-electron chi connectivity index (χ2n) is 6.96. The number of aliphatic carboxylic acids is 1. The van der Waals surface area contributed by atoms with Gasteiger partial charge in [-0.1, -0.05) is 30.3 Å². The molecule has 160 valence electrons. The number of carbonyl (C=O) groups excluding carboxylic acids is 2. The van der Waals surface area contributed by atoms with Crippen LogP contribution >= 0.6 is 0 Å². The maximum atomic E-state index is 12.6. The molecule has 29 heavy (non-hydrogen) atoms. The number of carboxylic acid groups (broad SMARTS) is 1. The highest BCUT2D eigenvalue weighted by molar-refractivity contribution is 5.95. The molecule has 2 amide bonds. The fourth-order valence-corrected chi connectivity index (χ4v) is 2.87. The first kappa shape index (κ1) is 22.8. The number of nitrogens with one attached hydrogen (secondary N) is 3. The quantitative estimate of drug-likeness (QED) is 0.205. The average Bonchev–Trinajstić information content (AvgIpc) is 3.51. The molecule has 1 aromatic rings. The van der Waals surface area contributed by atoms with E-state index in [0.29, 0.717) is 19.5 Å². The highest BCUT2D eigenvalue weighted by Crippen LogP contribution is 2.22. The van der Waals surface area contributed by atoms with Gasteiger partial charge in [0, 0.05) is 13.0 Å². The van der Waals surface area contributed by atoms with Crippen molar-refractivity contribution in [1.82, 2.24) is 16.0 Å². The summed E-state index contributed by atoms with van der Waals surface area (Å²) in [5.74, 6) is -2.07. The first-order valence-electron chi connectivity index (χ1n) is 9.94. The zero-order valence-electron chi connectivity index (χ0n) is 16.4. The van der Waals surface area contributed by atoms with Gasteiger partial charge < -0.3 is 31.5 Å². The van der Waals surface area contributed by atoms with Crippen LogP contribution in [0.1, 0.15) is 24.8 Å². The predicted octanol–water partition coefficient (Wildman–Crippen LogP) is -0.599. The van der Waals surface area contributed by atoms with E-state index in [1.165, 1.54) is 0 Å². The first-order valence-corrected chi connectivity index (χ1v) is 9.94.